The van der Waals surface area contributed by atoms with Crippen LogP contribution in [0.25, 0.3) is 0 Å². The second-order valence-electron chi connectivity index (χ2n) is 6.43. The zero-order valence-electron chi connectivity index (χ0n) is 14.6. The number of aromatic nitrogens is 3. The van der Waals surface area contributed by atoms with Crippen molar-refractivity contribution < 1.29 is 9.53 Å². The molecule has 2 N–H and O–H groups in total. The van der Waals surface area contributed by atoms with Crippen molar-refractivity contribution in [2.45, 2.75) is 32.9 Å². The number of ether oxygens (including phenoxy) is 1. The number of carbonyl (C=O) groups is 1. The second kappa shape index (κ2) is 8.49. The third kappa shape index (κ3) is 5.80. The van der Waals surface area contributed by atoms with E-state index in [-0.39, 0.29) is 30.1 Å². The number of aryl methyl sites for hydroxylation is 1. The Morgan fingerprint density at radius 1 is 1.29 bits per heavy atom. The molecule has 0 aliphatic carbocycles. The van der Waals surface area contributed by atoms with E-state index in [0.717, 1.165) is 5.82 Å². The molecule has 24 heavy (non-hydrogen) atoms. The number of halogens is 1. The summed E-state index contributed by atoms with van der Waals surface area (Å²) in [4.78, 5) is 24.1. The minimum absolute atomic E-state index is 0. The van der Waals surface area contributed by atoms with Gasteiger partial charge >= 0.3 is 6.09 Å². The fraction of sp³-hybridized carbons (Fsp3) is 0.714. The molecular weight excluding hydrogens is 425 g/mol. The molecule has 1 amide bonds. The lowest BCUT2D eigenvalue weighted by Crippen LogP contribution is -2.53. The summed E-state index contributed by atoms with van der Waals surface area (Å²) in [6.45, 7) is 8.36. The molecule has 0 spiro atoms. The summed E-state index contributed by atoms with van der Waals surface area (Å²) in [5, 5.41) is 3.99. The standard InChI is InChI=1S/C14H25N7O2.HI/c1-14(2,3)23-13(22)21-7-5-20(6-8-21)12(15)16-9-11-17-10-18-19(11)4;/h10H,5-9H2,1-4H3,(H2,15,16);1H. The van der Waals surface area contributed by atoms with Crippen molar-refractivity contribution in [1.82, 2.24) is 24.6 Å². The van der Waals surface area contributed by atoms with Crippen molar-refractivity contribution in [2.24, 2.45) is 17.8 Å². The molecule has 1 fully saturated rings. The first kappa shape index (κ1) is 20.5. The molecule has 0 unspecified atom stereocenters. The molecule has 0 radical (unpaired) electrons. The number of hydrogen-bond acceptors (Lipinski definition) is 5. The zero-order valence-corrected chi connectivity index (χ0v) is 16.9. The van der Waals surface area contributed by atoms with Crippen LogP contribution in [0.5, 0.6) is 0 Å². The van der Waals surface area contributed by atoms with Crippen molar-refractivity contribution in [3.8, 4) is 0 Å². The summed E-state index contributed by atoms with van der Waals surface area (Å²) in [6.07, 6.45) is 1.20. The highest BCUT2D eigenvalue weighted by molar-refractivity contribution is 14.0. The first-order valence-corrected chi connectivity index (χ1v) is 7.62. The van der Waals surface area contributed by atoms with E-state index in [1.165, 1.54) is 6.33 Å². The zero-order chi connectivity index (χ0) is 17.0. The molecule has 2 heterocycles. The number of nitrogens with two attached hydrogens (primary N) is 1. The molecule has 0 aromatic carbocycles. The Bertz CT molecular complexity index is 574. The van der Waals surface area contributed by atoms with Gasteiger partial charge in [-0.2, -0.15) is 5.10 Å². The van der Waals surface area contributed by atoms with Gasteiger partial charge in [0, 0.05) is 33.2 Å². The minimum Gasteiger partial charge on any atom is -0.444 e. The number of piperazine rings is 1. The highest BCUT2D eigenvalue weighted by Gasteiger charge is 2.26. The molecule has 10 heteroatoms. The van der Waals surface area contributed by atoms with Crippen LogP contribution in [0, 0.1) is 0 Å². The van der Waals surface area contributed by atoms with E-state index >= 15 is 0 Å². The third-order valence-electron chi connectivity index (χ3n) is 3.44. The second-order valence-corrected chi connectivity index (χ2v) is 6.43. The molecule has 0 saturated carbocycles. The number of nitrogens with zero attached hydrogens (tertiary/aromatic N) is 6. The molecule has 0 bridgehead atoms. The van der Waals surface area contributed by atoms with E-state index < -0.39 is 5.60 Å². The lowest BCUT2D eigenvalue weighted by atomic mass is 10.2. The van der Waals surface area contributed by atoms with Gasteiger partial charge in [0.2, 0.25) is 0 Å². The fourth-order valence-electron chi connectivity index (χ4n) is 2.16. The molecule has 1 saturated heterocycles. The van der Waals surface area contributed by atoms with Crippen LogP contribution in [0.4, 0.5) is 4.79 Å². The molecule has 1 aromatic rings. The lowest BCUT2D eigenvalue weighted by Gasteiger charge is -2.36. The Labute approximate surface area is 159 Å². The average Bonchev–Trinajstić information content (AvgIpc) is 2.88. The maximum Gasteiger partial charge on any atom is 0.410 e. The molecule has 2 rings (SSSR count). The lowest BCUT2D eigenvalue weighted by molar-refractivity contribution is 0.0186. The van der Waals surface area contributed by atoms with Crippen LogP contribution >= 0.6 is 24.0 Å². The van der Waals surface area contributed by atoms with Crippen molar-refractivity contribution >= 4 is 36.0 Å². The fourth-order valence-corrected chi connectivity index (χ4v) is 2.16. The third-order valence-corrected chi connectivity index (χ3v) is 3.44. The SMILES string of the molecule is Cn1ncnc1CN=C(N)N1CCN(C(=O)OC(C)(C)C)CC1.I. The molecule has 1 aliphatic heterocycles. The van der Waals surface area contributed by atoms with Crippen molar-refractivity contribution in [2.75, 3.05) is 26.2 Å². The van der Waals surface area contributed by atoms with Crippen LogP contribution in [-0.4, -0.2) is 68.4 Å². The number of guanidine groups is 1. The average molecular weight is 451 g/mol. The summed E-state index contributed by atoms with van der Waals surface area (Å²) >= 11 is 0. The summed E-state index contributed by atoms with van der Waals surface area (Å²) < 4.78 is 7.04. The maximum atomic E-state index is 12.0. The topological polar surface area (TPSA) is 102 Å². The highest BCUT2D eigenvalue weighted by atomic mass is 127. The smallest absolute Gasteiger partial charge is 0.410 e. The Kier molecular flexibility index (Phi) is 7.24. The van der Waals surface area contributed by atoms with Gasteiger partial charge < -0.3 is 20.3 Å². The van der Waals surface area contributed by atoms with Gasteiger partial charge in [0.05, 0.1) is 0 Å². The van der Waals surface area contributed by atoms with Crippen LogP contribution in [0.1, 0.15) is 26.6 Å². The number of carbonyl (C=O) groups excluding carboxylic acids is 1. The number of hydrogen-bond donors (Lipinski definition) is 1. The molecule has 0 atom stereocenters. The Hall–Kier alpha value is -1.59. The van der Waals surface area contributed by atoms with Crippen LogP contribution in [-0.2, 0) is 18.3 Å². The van der Waals surface area contributed by atoms with Crippen LogP contribution in [0.2, 0.25) is 0 Å². The van der Waals surface area contributed by atoms with Crippen LogP contribution in [0.3, 0.4) is 0 Å². The first-order valence-electron chi connectivity index (χ1n) is 7.62. The van der Waals surface area contributed by atoms with Gasteiger partial charge in [0.15, 0.2) is 5.96 Å². The summed E-state index contributed by atoms with van der Waals surface area (Å²) in [7, 11) is 1.81. The number of amides is 1. The van der Waals surface area contributed by atoms with Crippen molar-refractivity contribution in [1.29, 1.82) is 0 Å². The Balaban J connectivity index is 0.00000288. The summed E-state index contributed by atoms with van der Waals surface area (Å²) in [5.41, 5.74) is 5.54. The normalized spacial score (nSPS) is 15.9. The molecule has 9 nitrogen and oxygen atoms in total. The molecular formula is C14H26IN7O2. The predicted molar refractivity (Wildman–Crippen MR) is 101 cm³/mol. The summed E-state index contributed by atoms with van der Waals surface area (Å²) in [5.74, 6) is 1.21. The van der Waals surface area contributed by atoms with Crippen LogP contribution < -0.4 is 5.73 Å². The van der Waals surface area contributed by atoms with Gasteiger partial charge in [-0.25, -0.2) is 14.8 Å². The van der Waals surface area contributed by atoms with Crippen molar-refractivity contribution in [3.05, 3.63) is 12.2 Å². The van der Waals surface area contributed by atoms with Gasteiger partial charge in [0.1, 0.15) is 24.3 Å². The largest absolute Gasteiger partial charge is 0.444 e. The van der Waals surface area contributed by atoms with E-state index in [0.29, 0.717) is 38.7 Å². The minimum atomic E-state index is -0.481. The first-order chi connectivity index (χ1) is 10.8. The van der Waals surface area contributed by atoms with E-state index in [9.17, 15) is 4.79 Å². The highest BCUT2D eigenvalue weighted by Crippen LogP contribution is 2.11. The number of rotatable bonds is 2. The molecule has 136 valence electrons. The van der Waals surface area contributed by atoms with Crippen molar-refractivity contribution in [3.63, 3.8) is 0 Å². The van der Waals surface area contributed by atoms with Gasteiger partial charge in [0.25, 0.3) is 0 Å². The maximum absolute atomic E-state index is 12.0. The monoisotopic (exact) mass is 451 g/mol. The molecule has 1 aliphatic rings. The predicted octanol–water partition coefficient (Wildman–Crippen LogP) is 0.800. The summed E-state index contributed by atoms with van der Waals surface area (Å²) in [6, 6.07) is 0. The van der Waals surface area contributed by atoms with E-state index in [1.807, 2.05) is 32.7 Å². The van der Waals surface area contributed by atoms with Crippen LogP contribution in [0.15, 0.2) is 11.3 Å². The Morgan fingerprint density at radius 2 is 1.88 bits per heavy atom. The van der Waals surface area contributed by atoms with E-state index in [2.05, 4.69) is 15.1 Å². The number of aliphatic imine (C=N–C) groups is 1. The van der Waals surface area contributed by atoms with Gasteiger partial charge in [-0.1, -0.05) is 0 Å². The van der Waals surface area contributed by atoms with Gasteiger partial charge in [-0.05, 0) is 20.8 Å². The van der Waals surface area contributed by atoms with Gasteiger partial charge in [-0.3, -0.25) is 4.68 Å². The van der Waals surface area contributed by atoms with E-state index in [1.54, 1.807) is 9.58 Å². The molecule has 1 aromatic heterocycles. The quantitative estimate of drug-likeness (QED) is 0.406. The Morgan fingerprint density at radius 3 is 2.38 bits per heavy atom. The van der Waals surface area contributed by atoms with E-state index in [4.69, 9.17) is 10.5 Å². The van der Waals surface area contributed by atoms with Gasteiger partial charge in [-0.15, -0.1) is 24.0 Å².